The van der Waals surface area contributed by atoms with Crippen molar-refractivity contribution in [3.05, 3.63) is 47.9 Å². The number of benzene rings is 1. The highest BCUT2D eigenvalue weighted by molar-refractivity contribution is 7.14. The number of carboxylic acids is 1. The molecule has 1 fully saturated rings. The lowest BCUT2D eigenvalue weighted by Gasteiger charge is -2.23. The van der Waals surface area contributed by atoms with Crippen LogP contribution in [0.4, 0.5) is 13.9 Å². The summed E-state index contributed by atoms with van der Waals surface area (Å²) in [6.45, 7) is -1.05. The Morgan fingerprint density at radius 3 is 2.73 bits per heavy atom. The van der Waals surface area contributed by atoms with Crippen LogP contribution in [0.1, 0.15) is 38.5 Å². The third-order valence-electron chi connectivity index (χ3n) is 7.54. The van der Waals surface area contributed by atoms with Crippen molar-refractivity contribution in [2.45, 2.75) is 38.5 Å². The van der Waals surface area contributed by atoms with E-state index in [0.717, 1.165) is 36.7 Å². The van der Waals surface area contributed by atoms with Gasteiger partial charge >= 0.3 is 5.97 Å². The number of alkyl halides is 1. The summed E-state index contributed by atoms with van der Waals surface area (Å²) in [5, 5.41) is 9.82. The highest BCUT2D eigenvalue weighted by Crippen LogP contribution is 2.40. The predicted octanol–water partition coefficient (Wildman–Crippen LogP) is 6.44. The van der Waals surface area contributed by atoms with Crippen molar-refractivity contribution < 1.29 is 28.2 Å². The van der Waals surface area contributed by atoms with Crippen molar-refractivity contribution in [3.8, 4) is 28.1 Å². The van der Waals surface area contributed by atoms with Crippen LogP contribution in [0.2, 0.25) is 0 Å². The van der Waals surface area contributed by atoms with E-state index < -0.39 is 29.8 Å². The van der Waals surface area contributed by atoms with Gasteiger partial charge in [0.1, 0.15) is 17.1 Å². The number of carbonyl (C=O) groups is 2. The number of pyridine rings is 1. The van der Waals surface area contributed by atoms with E-state index in [1.165, 1.54) is 18.0 Å². The topological polar surface area (TPSA) is 97.6 Å². The van der Waals surface area contributed by atoms with Crippen LogP contribution in [0.5, 0.6) is 5.75 Å². The number of aryl methyl sites for hydroxylation is 1. The lowest BCUT2D eigenvalue weighted by Crippen LogP contribution is -2.35. The first kappa shape index (κ1) is 27.7. The molecule has 3 aromatic heterocycles. The summed E-state index contributed by atoms with van der Waals surface area (Å²) in [4.78, 5) is 35.2. The molecule has 1 amide bonds. The van der Waals surface area contributed by atoms with E-state index >= 15 is 4.39 Å². The van der Waals surface area contributed by atoms with Crippen LogP contribution >= 0.6 is 11.3 Å². The van der Waals surface area contributed by atoms with Crippen molar-refractivity contribution in [1.29, 1.82) is 0 Å². The minimum Gasteiger partial charge on any atom is -0.481 e. The van der Waals surface area contributed by atoms with Crippen LogP contribution in [0.15, 0.2) is 42.7 Å². The number of ether oxygens (including phenoxy) is 1. The molecule has 1 atom stereocenters. The van der Waals surface area contributed by atoms with Crippen molar-refractivity contribution in [3.63, 3.8) is 0 Å². The van der Waals surface area contributed by atoms with Gasteiger partial charge in [-0.1, -0.05) is 37.0 Å². The van der Waals surface area contributed by atoms with Crippen LogP contribution < -0.4 is 9.64 Å². The molecule has 1 aromatic carbocycles. The lowest BCUT2D eigenvalue weighted by molar-refractivity contribution is -0.140. The van der Waals surface area contributed by atoms with Gasteiger partial charge in [-0.3, -0.25) is 14.5 Å². The fraction of sp³-hybridized carbons (Fsp3) is 0.379. The zero-order valence-electron chi connectivity index (χ0n) is 22.3. The number of thiazole rings is 1. The monoisotopic (exact) mass is 568 g/mol. The van der Waals surface area contributed by atoms with Gasteiger partial charge in [0.15, 0.2) is 5.13 Å². The molecule has 1 N–H and O–H groups in total. The highest BCUT2D eigenvalue weighted by Gasteiger charge is 2.31. The maximum atomic E-state index is 15.5. The molecule has 11 heteroatoms. The number of anilines is 1. The largest absolute Gasteiger partial charge is 0.481 e. The molecule has 0 aliphatic heterocycles. The number of amides is 1. The molecule has 4 aromatic rings. The van der Waals surface area contributed by atoms with Gasteiger partial charge in [-0.15, -0.1) is 0 Å². The maximum Gasteiger partial charge on any atom is 0.304 e. The Labute approximate surface area is 234 Å². The Bertz CT molecular complexity index is 1550. The third kappa shape index (κ3) is 5.70. The quantitative estimate of drug-likeness (QED) is 0.236. The number of hydrogen-bond acceptors (Lipinski definition) is 6. The van der Waals surface area contributed by atoms with Crippen LogP contribution in [0, 0.1) is 17.0 Å². The van der Waals surface area contributed by atoms with Crippen LogP contribution in [-0.4, -0.2) is 45.4 Å². The fourth-order valence-electron chi connectivity index (χ4n) is 5.52. The molecule has 0 saturated heterocycles. The fourth-order valence-corrected chi connectivity index (χ4v) is 6.30. The Morgan fingerprint density at radius 2 is 2.00 bits per heavy atom. The molecular weight excluding hydrogens is 538 g/mol. The number of halogens is 2. The second kappa shape index (κ2) is 11.7. The average Bonchev–Trinajstić information content (AvgIpc) is 3.68. The summed E-state index contributed by atoms with van der Waals surface area (Å²) >= 11 is 0.700. The molecule has 0 radical (unpaired) electrons. The van der Waals surface area contributed by atoms with Crippen molar-refractivity contribution in [1.82, 2.24) is 14.5 Å². The Morgan fingerprint density at radius 1 is 1.23 bits per heavy atom. The number of fused-ring (bicyclic) bond motifs is 1. The summed E-state index contributed by atoms with van der Waals surface area (Å²) < 4.78 is 35.4. The van der Waals surface area contributed by atoms with Crippen molar-refractivity contribution in [2.75, 3.05) is 18.8 Å². The summed E-state index contributed by atoms with van der Waals surface area (Å²) in [5.74, 6) is -1.66. The molecule has 1 aliphatic rings. The molecule has 1 saturated carbocycles. The SMILES string of the molecule is CN(C(=O)[C@@H](CC(=O)O)CC1CCCC1)c1nc(-c2cc(OCF)ccc2-c2cnc3c(ccn3C)c2)c(F)s1. The van der Waals surface area contributed by atoms with Crippen LogP contribution in [-0.2, 0) is 16.6 Å². The van der Waals surface area contributed by atoms with Gasteiger partial charge in [-0.2, -0.15) is 4.39 Å². The zero-order valence-corrected chi connectivity index (χ0v) is 23.1. The van der Waals surface area contributed by atoms with Gasteiger partial charge < -0.3 is 14.4 Å². The predicted molar refractivity (Wildman–Crippen MR) is 150 cm³/mol. The molecule has 1 aliphatic carbocycles. The van der Waals surface area contributed by atoms with Gasteiger partial charge in [0.05, 0.1) is 6.42 Å². The average molecular weight is 569 g/mol. The zero-order chi connectivity index (χ0) is 28.4. The Kier molecular flexibility index (Phi) is 8.11. The van der Waals surface area contributed by atoms with E-state index in [9.17, 15) is 19.1 Å². The van der Waals surface area contributed by atoms with E-state index in [1.807, 2.05) is 29.9 Å². The minimum atomic E-state index is -1.05. The standard InChI is InChI=1S/C29H30F2N4O4S/c1-34-10-9-18-12-20(15-32-27(18)34)22-8-7-21(39-16-30)14-23(22)25-26(31)40-29(33-25)35(2)28(38)19(13-24(36)37)11-17-5-3-4-6-17/h7-10,12,14-15,17,19H,3-6,11,13,16H2,1-2H3,(H,36,37)/t19-/m1/s1. The van der Waals surface area contributed by atoms with E-state index in [0.29, 0.717) is 40.4 Å². The number of aliphatic carboxylic acids is 1. The second-order valence-electron chi connectivity index (χ2n) is 10.2. The van der Waals surface area contributed by atoms with Crippen molar-refractivity contribution in [2.24, 2.45) is 18.9 Å². The van der Waals surface area contributed by atoms with Gasteiger partial charge in [0.2, 0.25) is 17.9 Å². The van der Waals surface area contributed by atoms with Gasteiger partial charge in [0.25, 0.3) is 0 Å². The first-order valence-electron chi connectivity index (χ1n) is 13.2. The van der Waals surface area contributed by atoms with Gasteiger partial charge in [-0.05, 0) is 48.2 Å². The highest BCUT2D eigenvalue weighted by atomic mass is 32.1. The molecule has 0 unspecified atom stereocenters. The normalized spacial score (nSPS) is 14.5. The van der Waals surface area contributed by atoms with Gasteiger partial charge in [0, 0.05) is 48.9 Å². The summed E-state index contributed by atoms with van der Waals surface area (Å²) in [5.41, 5.74) is 2.45. The van der Waals surface area contributed by atoms with E-state index in [-0.39, 0.29) is 23.0 Å². The molecule has 0 spiro atoms. The molecule has 0 bridgehead atoms. The Hall–Kier alpha value is -3.86. The Balaban J connectivity index is 1.50. The summed E-state index contributed by atoms with van der Waals surface area (Å²) in [6.07, 6.45) is 7.88. The second-order valence-corrected chi connectivity index (χ2v) is 11.1. The molecule has 8 nitrogen and oxygen atoms in total. The number of aromatic nitrogens is 3. The summed E-state index contributed by atoms with van der Waals surface area (Å²) in [6, 6.07) is 8.66. The molecule has 40 heavy (non-hydrogen) atoms. The van der Waals surface area contributed by atoms with E-state index in [4.69, 9.17) is 4.74 Å². The lowest BCUT2D eigenvalue weighted by atomic mass is 9.90. The summed E-state index contributed by atoms with van der Waals surface area (Å²) in [7, 11) is 3.38. The number of carboxylic acid groups (broad SMARTS) is 1. The maximum absolute atomic E-state index is 15.5. The van der Waals surface area contributed by atoms with E-state index in [1.54, 1.807) is 18.3 Å². The van der Waals surface area contributed by atoms with Crippen molar-refractivity contribution >= 4 is 39.4 Å². The number of carbonyl (C=O) groups excluding carboxylic acids is 1. The van der Waals surface area contributed by atoms with Gasteiger partial charge in [-0.25, -0.2) is 14.4 Å². The molecule has 5 rings (SSSR count). The third-order valence-corrected chi connectivity index (χ3v) is 8.46. The molecule has 3 heterocycles. The number of rotatable bonds is 10. The first-order chi connectivity index (χ1) is 19.2. The van der Waals surface area contributed by atoms with Crippen LogP contribution in [0.3, 0.4) is 0 Å². The number of nitrogens with zero attached hydrogens (tertiary/aromatic N) is 4. The first-order valence-corrected chi connectivity index (χ1v) is 14.0. The smallest absolute Gasteiger partial charge is 0.304 e. The minimum absolute atomic E-state index is 0.0160. The molecular formula is C29H30F2N4O4S. The molecule has 210 valence electrons. The van der Waals surface area contributed by atoms with E-state index in [2.05, 4.69) is 9.97 Å². The van der Waals surface area contributed by atoms with Crippen LogP contribution in [0.25, 0.3) is 33.4 Å². The number of hydrogen-bond donors (Lipinski definition) is 1.